The summed E-state index contributed by atoms with van der Waals surface area (Å²) in [6.45, 7) is 2.03. The number of ketones is 1. The number of rotatable bonds is 4. The second kappa shape index (κ2) is 8.36. The Morgan fingerprint density at radius 2 is 2.18 bits per heavy atom. The molecule has 0 saturated heterocycles. The predicted molar refractivity (Wildman–Crippen MR) is 121 cm³/mol. The van der Waals surface area contributed by atoms with E-state index in [1.165, 1.54) is 17.8 Å². The van der Waals surface area contributed by atoms with E-state index in [0.717, 1.165) is 37.5 Å². The number of aromatic nitrogens is 2. The molecule has 7 heteroatoms. The van der Waals surface area contributed by atoms with Crippen LogP contribution < -0.4 is 5.32 Å². The number of benzene rings is 1. The molecule has 5 rings (SSSR count). The van der Waals surface area contributed by atoms with Crippen LogP contribution in [0, 0.1) is 29.0 Å². The Labute approximate surface area is 192 Å². The van der Waals surface area contributed by atoms with Gasteiger partial charge in [-0.25, -0.2) is 4.39 Å². The molecule has 1 aromatic heterocycles. The number of aliphatic hydroxyl groups excluding tert-OH is 1. The minimum atomic E-state index is -0.542. The predicted octanol–water partition coefficient (Wildman–Crippen LogP) is 4.74. The normalized spacial score (nSPS) is 31.6. The molecule has 2 saturated carbocycles. The summed E-state index contributed by atoms with van der Waals surface area (Å²) < 4.78 is 13.8. The van der Waals surface area contributed by atoms with Crippen molar-refractivity contribution in [2.75, 3.05) is 5.32 Å². The van der Waals surface area contributed by atoms with Crippen LogP contribution in [0.5, 0.6) is 0 Å². The zero-order valence-corrected chi connectivity index (χ0v) is 18.6. The summed E-state index contributed by atoms with van der Waals surface area (Å²) in [6.07, 6.45) is 6.48. The number of nitrogens with zero attached hydrogens (tertiary/aromatic N) is 2. The highest BCUT2D eigenvalue weighted by Crippen LogP contribution is 2.63. The summed E-state index contributed by atoms with van der Waals surface area (Å²) in [5.74, 6) is 0.399. The van der Waals surface area contributed by atoms with E-state index in [2.05, 4.69) is 15.5 Å². The Morgan fingerprint density at radius 1 is 1.33 bits per heavy atom. The molecule has 33 heavy (non-hydrogen) atoms. The van der Waals surface area contributed by atoms with Gasteiger partial charge in [-0.1, -0.05) is 13.0 Å². The van der Waals surface area contributed by atoms with Crippen LogP contribution in [-0.4, -0.2) is 27.0 Å². The second-order valence-electron chi connectivity index (χ2n) is 9.85. The molecule has 172 valence electrons. The van der Waals surface area contributed by atoms with E-state index in [1.807, 2.05) is 13.0 Å². The van der Waals surface area contributed by atoms with Gasteiger partial charge in [0.25, 0.3) is 0 Å². The fraction of sp³-hybridized carbons (Fsp3) is 0.462. The molecule has 3 unspecified atom stereocenters. The van der Waals surface area contributed by atoms with Gasteiger partial charge < -0.3 is 10.4 Å². The Hall–Kier alpha value is -3.09. The molecular formula is C26H28FN3O3. The number of hydrogen-bond donors (Lipinski definition) is 2. The molecule has 5 atom stereocenters. The van der Waals surface area contributed by atoms with Crippen LogP contribution in [0.4, 0.5) is 10.2 Å². The number of nitrogens with one attached hydrogen (secondary N) is 1. The lowest BCUT2D eigenvalue weighted by atomic mass is 9.54. The van der Waals surface area contributed by atoms with Crippen molar-refractivity contribution in [2.45, 2.75) is 51.4 Å². The van der Waals surface area contributed by atoms with Crippen LogP contribution in [0.3, 0.4) is 0 Å². The van der Waals surface area contributed by atoms with E-state index < -0.39 is 5.41 Å². The smallest absolute Gasteiger partial charge is 0.225 e. The summed E-state index contributed by atoms with van der Waals surface area (Å²) in [6, 6.07) is 8.46. The molecule has 2 N–H and O–H groups in total. The standard InChI is InChI=1S/C26H28FN3O3/c1-26-11-10-18-17-7-5-16(27)13-15(17)4-6-19(18)24(26)20(21(14-31)25(26)33)8-9-23(32)29-22-3-2-12-28-30-22/h2-3,5,7,12-14,18-20,24,31H,4,6,8-11H2,1H3,(H,29,30,32)/b21-14-/t18?,19?,20-,24?,26+/m1/s1. The Morgan fingerprint density at radius 3 is 2.94 bits per heavy atom. The number of fused-ring (bicyclic) bond motifs is 5. The first-order valence-electron chi connectivity index (χ1n) is 11.7. The monoisotopic (exact) mass is 449 g/mol. The molecule has 0 radical (unpaired) electrons. The minimum absolute atomic E-state index is 0.0117. The SMILES string of the molecule is C[C@]12CCC3c4ccc(F)cc4CCC3C1[C@H](CCC(=O)Nc1cccnn1)/C(=C/O)C2=O. The number of carbonyl (C=O) groups is 2. The number of amides is 1. The lowest BCUT2D eigenvalue weighted by Gasteiger charge is -2.49. The third-order valence-corrected chi connectivity index (χ3v) is 8.22. The van der Waals surface area contributed by atoms with Crippen molar-refractivity contribution >= 4 is 17.5 Å². The molecule has 6 nitrogen and oxygen atoms in total. The highest BCUT2D eigenvalue weighted by atomic mass is 19.1. The van der Waals surface area contributed by atoms with E-state index in [1.54, 1.807) is 18.2 Å². The first kappa shape index (κ1) is 21.7. The fourth-order valence-corrected chi connectivity index (χ4v) is 6.85. The summed E-state index contributed by atoms with van der Waals surface area (Å²) in [5, 5.41) is 20.4. The number of halogens is 1. The van der Waals surface area contributed by atoms with E-state index >= 15 is 0 Å². The molecule has 1 aromatic carbocycles. The zero-order chi connectivity index (χ0) is 23.2. The number of anilines is 1. The molecule has 1 amide bonds. The average molecular weight is 450 g/mol. The maximum absolute atomic E-state index is 13.8. The van der Waals surface area contributed by atoms with Gasteiger partial charge in [-0.15, -0.1) is 5.10 Å². The number of allylic oxidation sites excluding steroid dienone is 1. The van der Waals surface area contributed by atoms with Crippen LogP contribution in [0.25, 0.3) is 0 Å². The third kappa shape index (κ3) is 3.63. The van der Waals surface area contributed by atoms with Gasteiger partial charge in [0.1, 0.15) is 5.82 Å². The average Bonchev–Trinajstić information content (AvgIpc) is 3.04. The van der Waals surface area contributed by atoms with Gasteiger partial charge in [0.15, 0.2) is 11.6 Å². The summed E-state index contributed by atoms with van der Waals surface area (Å²) >= 11 is 0. The van der Waals surface area contributed by atoms with E-state index in [9.17, 15) is 19.1 Å². The van der Waals surface area contributed by atoms with Gasteiger partial charge in [0.2, 0.25) is 5.91 Å². The lowest BCUT2D eigenvalue weighted by Crippen LogP contribution is -2.44. The molecule has 0 bridgehead atoms. The van der Waals surface area contributed by atoms with Crippen molar-refractivity contribution in [1.29, 1.82) is 0 Å². The topological polar surface area (TPSA) is 92.2 Å². The van der Waals surface area contributed by atoms with E-state index in [-0.39, 0.29) is 47.6 Å². The highest BCUT2D eigenvalue weighted by molar-refractivity contribution is 6.03. The van der Waals surface area contributed by atoms with Crippen molar-refractivity contribution in [3.05, 3.63) is 65.3 Å². The maximum Gasteiger partial charge on any atom is 0.225 e. The molecule has 3 aliphatic rings. The van der Waals surface area contributed by atoms with Crippen LogP contribution in [0.15, 0.2) is 48.4 Å². The number of aryl methyl sites for hydroxylation is 1. The first-order valence-corrected chi connectivity index (χ1v) is 11.7. The summed E-state index contributed by atoms with van der Waals surface area (Å²) in [7, 11) is 0. The first-order chi connectivity index (χ1) is 15.9. The van der Waals surface area contributed by atoms with Crippen LogP contribution in [-0.2, 0) is 16.0 Å². The van der Waals surface area contributed by atoms with Crippen LogP contribution in [0.2, 0.25) is 0 Å². The lowest BCUT2D eigenvalue weighted by molar-refractivity contribution is -0.127. The Kier molecular flexibility index (Phi) is 5.51. The van der Waals surface area contributed by atoms with Gasteiger partial charge in [-0.3, -0.25) is 9.59 Å². The van der Waals surface area contributed by atoms with Crippen molar-refractivity contribution in [2.24, 2.45) is 23.2 Å². The minimum Gasteiger partial charge on any atom is -0.515 e. The van der Waals surface area contributed by atoms with Crippen molar-refractivity contribution in [1.82, 2.24) is 10.2 Å². The molecule has 2 aromatic rings. The molecule has 2 fully saturated rings. The number of carbonyl (C=O) groups excluding carboxylic acids is 2. The van der Waals surface area contributed by atoms with Gasteiger partial charge in [-0.2, -0.15) is 5.10 Å². The molecule has 3 aliphatic carbocycles. The van der Waals surface area contributed by atoms with E-state index in [0.29, 0.717) is 17.8 Å². The second-order valence-corrected chi connectivity index (χ2v) is 9.85. The fourth-order valence-electron chi connectivity index (χ4n) is 6.85. The third-order valence-electron chi connectivity index (χ3n) is 8.22. The van der Waals surface area contributed by atoms with Crippen molar-refractivity contribution in [3.8, 4) is 0 Å². The van der Waals surface area contributed by atoms with Gasteiger partial charge in [0.05, 0.1) is 6.26 Å². The quantitative estimate of drug-likeness (QED) is 0.520. The Bertz CT molecular complexity index is 1120. The Balaban J connectivity index is 1.41. The number of Topliss-reactive ketones (excluding diaryl/α,β-unsaturated/α-hetero) is 1. The highest BCUT2D eigenvalue weighted by Gasteiger charge is 2.60. The molecular weight excluding hydrogens is 421 g/mol. The number of aliphatic hydroxyl groups is 1. The van der Waals surface area contributed by atoms with Crippen LogP contribution in [0.1, 0.15) is 56.1 Å². The van der Waals surface area contributed by atoms with Crippen LogP contribution >= 0.6 is 0 Å². The van der Waals surface area contributed by atoms with Gasteiger partial charge in [-0.05, 0) is 91.2 Å². The van der Waals surface area contributed by atoms with Crippen molar-refractivity contribution in [3.63, 3.8) is 0 Å². The van der Waals surface area contributed by atoms with Crippen molar-refractivity contribution < 1.29 is 19.1 Å². The summed E-state index contributed by atoms with van der Waals surface area (Å²) in [5.41, 5.74) is 2.17. The maximum atomic E-state index is 13.8. The zero-order valence-electron chi connectivity index (χ0n) is 18.6. The largest absolute Gasteiger partial charge is 0.515 e. The number of hydrogen-bond acceptors (Lipinski definition) is 5. The molecule has 1 heterocycles. The molecule has 0 aliphatic heterocycles. The van der Waals surface area contributed by atoms with Gasteiger partial charge >= 0.3 is 0 Å². The summed E-state index contributed by atoms with van der Waals surface area (Å²) in [4.78, 5) is 26.0. The van der Waals surface area contributed by atoms with E-state index in [4.69, 9.17) is 0 Å². The molecule has 0 spiro atoms. The van der Waals surface area contributed by atoms with Gasteiger partial charge in [0, 0.05) is 23.6 Å².